The standard InChI is InChI=1S/C20H22N2O5/c1-11-18(20(25)26-3)15(22-19(11)12(2)23)9-17(24)21-14-8-13-6-4-5-7-16(13)27-10-14/h4-7,14,22H,8-10H2,1-3H3,(H,21,24)/t14-/m0/s1. The summed E-state index contributed by atoms with van der Waals surface area (Å²) in [5.74, 6) is -0.206. The summed E-state index contributed by atoms with van der Waals surface area (Å²) in [7, 11) is 1.27. The molecule has 0 fully saturated rings. The number of aromatic amines is 1. The Morgan fingerprint density at radius 3 is 2.74 bits per heavy atom. The minimum Gasteiger partial charge on any atom is -0.491 e. The van der Waals surface area contributed by atoms with Gasteiger partial charge < -0.3 is 19.8 Å². The van der Waals surface area contributed by atoms with Crippen LogP contribution in [0.25, 0.3) is 0 Å². The summed E-state index contributed by atoms with van der Waals surface area (Å²) in [5, 5.41) is 2.93. The van der Waals surface area contributed by atoms with Gasteiger partial charge in [-0.05, 0) is 30.5 Å². The molecule has 1 aliphatic heterocycles. The number of carbonyl (C=O) groups excluding carboxylic acids is 3. The molecule has 0 bridgehead atoms. The predicted molar refractivity (Wildman–Crippen MR) is 98.1 cm³/mol. The number of carbonyl (C=O) groups is 3. The molecule has 27 heavy (non-hydrogen) atoms. The fraction of sp³-hybridized carbons (Fsp3) is 0.350. The van der Waals surface area contributed by atoms with E-state index in [1.807, 2.05) is 24.3 Å². The lowest BCUT2D eigenvalue weighted by molar-refractivity contribution is -0.121. The number of aromatic nitrogens is 1. The molecule has 2 N–H and O–H groups in total. The van der Waals surface area contributed by atoms with Crippen molar-refractivity contribution >= 4 is 17.7 Å². The van der Waals surface area contributed by atoms with E-state index >= 15 is 0 Å². The molecule has 3 rings (SSSR count). The van der Waals surface area contributed by atoms with E-state index < -0.39 is 5.97 Å². The molecule has 0 radical (unpaired) electrons. The highest BCUT2D eigenvalue weighted by Crippen LogP contribution is 2.24. The van der Waals surface area contributed by atoms with Crippen LogP contribution in [-0.2, 0) is 22.4 Å². The summed E-state index contributed by atoms with van der Waals surface area (Å²) in [4.78, 5) is 39.3. The number of ketones is 1. The number of hydrogen-bond donors (Lipinski definition) is 2. The zero-order valence-electron chi connectivity index (χ0n) is 15.5. The lowest BCUT2D eigenvalue weighted by Gasteiger charge is -2.26. The van der Waals surface area contributed by atoms with Gasteiger partial charge in [-0.3, -0.25) is 9.59 Å². The van der Waals surface area contributed by atoms with Gasteiger partial charge in [0.15, 0.2) is 5.78 Å². The summed E-state index contributed by atoms with van der Waals surface area (Å²) in [6, 6.07) is 7.56. The van der Waals surface area contributed by atoms with Crippen molar-refractivity contribution in [2.24, 2.45) is 0 Å². The maximum absolute atomic E-state index is 12.5. The molecule has 0 aliphatic carbocycles. The molecule has 1 aromatic carbocycles. The summed E-state index contributed by atoms with van der Waals surface area (Å²) in [6.07, 6.45) is 0.616. The molecular weight excluding hydrogens is 348 g/mol. The van der Waals surface area contributed by atoms with Gasteiger partial charge in [-0.25, -0.2) is 4.79 Å². The molecule has 0 saturated carbocycles. The second-order valence-electron chi connectivity index (χ2n) is 6.59. The van der Waals surface area contributed by atoms with Crippen molar-refractivity contribution in [1.82, 2.24) is 10.3 Å². The van der Waals surface area contributed by atoms with Crippen molar-refractivity contribution in [2.45, 2.75) is 32.7 Å². The van der Waals surface area contributed by atoms with Gasteiger partial charge in [0.1, 0.15) is 12.4 Å². The van der Waals surface area contributed by atoms with E-state index in [9.17, 15) is 14.4 Å². The van der Waals surface area contributed by atoms with Gasteiger partial charge in [0.25, 0.3) is 0 Å². The number of Topliss-reactive ketones (excluding diaryl/α,β-unsaturated/α-hetero) is 1. The Morgan fingerprint density at radius 2 is 2.04 bits per heavy atom. The van der Waals surface area contributed by atoms with Gasteiger partial charge >= 0.3 is 5.97 Å². The van der Waals surface area contributed by atoms with Crippen LogP contribution in [0.3, 0.4) is 0 Å². The average Bonchev–Trinajstić information content (AvgIpc) is 2.97. The fourth-order valence-corrected chi connectivity index (χ4v) is 3.38. The monoisotopic (exact) mass is 370 g/mol. The SMILES string of the molecule is COC(=O)c1c(CC(=O)N[C@@H]2COc3ccccc3C2)[nH]c(C(C)=O)c1C. The van der Waals surface area contributed by atoms with E-state index in [-0.39, 0.29) is 29.7 Å². The van der Waals surface area contributed by atoms with Crippen molar-refractivity contribution in [3.05, 3.63) is 52.3 Å². The number of methoxy groups -OCH3 is 1. The maximum atomic E-state index is 12.5. The average molecular weight is 370 g/mol. The van der Waals surface area contributed by atoms with Crippen LogP contribution >= 0.6 is 0 Å². The third-order valence-electron chi connectivity index (χ3n) is 4.65. The Balaban J connectivity index is 1.74. The van der Waals surface area contributed by atoms with E-state index in [2.05, 4.69) is 10.3 Å². The van der Waals surface area contributed by atoms with Gasteiger partial charge in [-0.15, -0.1) is 0 Å². The summed E-state index contributed by atoms with van der Waals surface area (Å²) >= 11 is 0. The molecule has 0 spiro atoms. The van der Waals surface area contributed by atoms with Crippen LogP contribution in [0.1, 0.15) is 44.6 Å². The number of hydrogen-bond acceptors (Lipinski definition) is 5. The quantitative estimate of drug-likeness (QED) is 0.620. The van der Waals surface area contributed by atoms with Gasteiger partial charge in [0, 0.05) is 12.6 Å². The molecule has 0 unspecified atom stereocenters. The number of benzene rings is 1. The van der Waals surface area contributed by atoms with Gasteiger partial charge in [-0.2, -0.15) is 0 Å². The third kappa shape index (κ3) is 3.86. The van der Waals surface area contributed by atoms with E-state index in [0.717, 1.165) is 11.3 Å². The molecule has 1 aromatic heterocycles. The highest BCUT2D eigenvalue weighted by Gasteiger charge is 2.26. The predicted octanol–water partition coefficient (Wildman–Crippen LogP) is 1.97. The number of nitrogens with one attached hydrogen (secondary N) is 2. The number of rotatable bonds is 5. The number of fused-ring (bicyclic) bond motifs is 1. The van der Waals surface area contributed by atoms with Crippen LogP contribution in [0.5, 0.6) is 5.75 Å². The molecule has 1 amide bonds. The first-order chi connectivity index (χ1) is 12.9. The van der Waals surface area contributed by atoms with Crippen molar-refractivity contribution in [3.8, 4) is 5.75 Å². The van der Waals surface area contributed by atoms with E-state index in [0.29, 0.717) is 30.0 Å². The van der Waals surface area contributed by atoms with Crippen LogP contribution in [0.2, 0.25) is 0 Å². The first-order valence-corrected chi connectivity index (χ1v) is 8.71. The highest BCUT2D eigenvalue weighted by atomic mass is 16.5. The number of amides is 1. The summed E-state index contributed by atoms with van der Waals surface area (Å²) < 4.78 is 10.5. The maximum Gasteiger partial charge on any atom is 0.339 e. The van der Waals surface area contributed by atoms with E-state index in [1.54, 1.807) is 6.92 Å². The second kappa shape index (κ2) is 7.65. The number of esters is 1. The Bertz CT molecular complexity index is 900. The topological polar surface area (TPSA) is 97.5 Å². The first kappa shape index (κ1) is 18.7. The molecule has 1 atom stereocenters. The minimum atomic E-state index is -0.575. The van der Waals surface area contributed by atoms with Gasteiger partial charge in [0.2, 0.25) is 5.91 Å². The highest BCUT2D eigenvalue weighted by molar-refractivity contribution is 6.01. The molecule has 1 aliphatic rings. The first-order valence-electron chi connectivity index (χ1n) is 8.71. The smallest absolute Gasteiger partial charge is 0.339 e. The summed E-state index contributed by atoms with van der Waals surface area (Å²) in [5.41, 5.74) is 2.46. The van der Waals surface area contributed by atoms with Crippen LogP contribution in [0.15, 0.2) is 24.3 Å². The van der Waals surface area contributed by atoms with E-state index in [1.165, 1.54) is 14.0 Å². The van der Waals surface area contributed by atoms with E-state index in [4.69, 9.17) is 9.47 Å². The zero-order chi connectivity index (χ0) is 19.6. The van der Waals surface area contributed by atoms with Crippen LogP contribution in [0.4, 0.5) is 0 Å². The largest absolute Gasteiger partial charge is 0.491 e. The Labute approximate surface area is 157 Å². The normalized spacial score (nSPS) is 15.4. The lowest BCUT2D eigenvalue weighted by Crippen LogP contribution is -2.43. The molecule has 0 saturated heterocycles. The number of H-pyrrole nitrogens is 1. The van der Waals surface area contributed by atoms with Crippen LogP contribution in [0, 0.1) is 6.92 Å². The third-order valence-corrected chi connectivity index (χ3v) is 4.65. The zero-order valence-corrected chi connectivity index (χ0v) is 15.5. The Hall–Kier alpha value is -3.09. The van der Waals surface area contributed by atoms with Crippen molar-refractivity contribution in [1.29, 1.82) is 0 Å². The van der Waals surface area contributed by atoms with Crippen LogP contribution in [-0.4, -0.2) is 42.4 Å². The second-order valence-corrected chi connectivity index (χ2v) is 6.59. The van der Waals surface area contributed by atoms with Crippen molar-refractivity contribution in [2.75, 3.05) is 13.7 Å². The van der Waals surface area contributed by atoms with Crippen LogP contribution < -0.4 is 10.1 Å². The van der Waals surface area contributed by atoms with Crippen molar-refractivity contribution in [3.63, 3.8) is 0 Å². The minimum absolute atomic E-state index is 0.0588. The number of ether oxygens (including phenoxy) is 2. The molecule has 2 aromatic rings. The molecule has 7 nitrogen and oxygen atoms in total. The Kier molecular flexibility index (Phi) is 5.30. The van der Waals surface area contributed by atoms with Crippen molar-refractivity contribution < 1.29 is 23.9 Å². The fourth-order valence-electron chi connectivity index (χ4n) is 3.38. The summed E-state index contributed by atoms with van der Waals surface area (Å²) in [6.45, 7) is 3.45. The molecule has 7 heteroatoms. The molecular formula is C20H22N2O5. The van der Waals surface area contributed by atoms with Gasteiger partial charge in [0.05, 0.1) is 30.8 Å². The lowest BCUT2D eigenvalue weighted by atomic mass is 10.0. The number of para-hydroxylation sites is 1. The molecule has 2 heterocycles. The van der Waals surface area contributed by atoms with Gasteiger partial charge in [-0.1, -0.05) is 18.2 Å². The Morgan fingerprint density at radius 1 is 1.30 bits per heavy atom. The molecule has 142 valence electrons.